The Labute approximate surface area is 127 Å². The van der Waals surface area contributed by atoms with Crippen LogP contribution in [0, 0.1) is 0 Å². The van der Waals surface area contributed by atoms with Crippen molar-refractivity contribution in [1.29, 1.82) is 0 Å². The maximum atomic E-state index is 11.8. The Morgan fingerprint density at radius 2 is 1.95 bits per heavy atom. The van der Waals surface area contributed by atoms with Crippen LogP contribution in [0.5, 0.6) is 0 Å². The van der Waals surface area contributed by atoms with E-state index < -0.39 is 0 Å². The quantitative estimate of drug-likeness (QED) is 0.865. The van der Waals surface area contributed by atoms with Gasteiger partial charge in [0, 0.05) is 11.7 Å². The molecular formula is C17H26N2O2. The van der Waals surface area contributed by atoms with Gasteiger partial charge in [0.2, 0.25) is 0 Å². The average Bonchev–Trinajstić information content (AvgIpc) is 2.64. The third kappa shape index (κ3) is 5.05. The molecule has 4 heteroatoms. The van der Waals surface area contributed by atoms with Gasteiger partial charge in [-0.1, -0.05) is 0 Å². The van der Waals surface area contributed by atoms with Crippen molar-refractivity contribution in [2.45, 2.75) is 45.3 Å². The lowest BCUT2D eigenvalue weighted by Gasteiger charge is -2.18. The van der Waals surface area contributed by atoms with Crippen molar-refractivity contribution in [3.05, 3.63) is 29.8 Å². The summed E-state index contributed by atoms with van der Waals surface area (Å²) in [5.74, 6) is -0.257. The lowest BCUT2D eigenvalue weighted by molar-refractivity contribution is 0.0378. The van der Waals surface area contributed by atoms with Crippen molar-refractivity contribution < 1.29 is 9.53 Å². The average molecular weight is 290 g/mol. The van der Waals surface area contributed by atoms with Crippen molar-refractivity contribution in [3.63, 3.8) is 0 Å². The van der Waals surface area contributed by atoms with Crippen molar-refractivity contribution in [1.82, 2.24) is 4.90 Å². The monoisotopic (exact) mass is 290 g/mol. The van der Waals surface area contributed by atoms with E-state index in [-0.39, 0.29) is 12.1 Å². The molecule has 0 spiro atoms. The maximum Gasteiger partial charge on any atom is 0.338 e. The minimum atomic E-state index is -0.257. The summed E-state index contributed by atoms with van der Waals surface area (Å²) >= 11 is 0. The molecule has 1 aromatic rings. The topological polar surface area (TPSA) is 41.6 Å². The summed E-state index contributed by atoms with van der Waals surface area (Å²) in [5.41, 5.74) is 1.68. The fraction of sp³-hybridized carbons (Fsp3) is 0.588. The normalized spacial score (nSPS) is 20.1. The van der Waals surface area contributed by atoms with Gasteiger partial charge in [-0.2, -0.15) is 0 Å². The SMILES string of the molecule is CC(C)OC(=O)c1ccc(NC2CCCN(C)CC2)cc1. The predicted octanol–water partition coefficient (Wildman–Crippen LogP) is 3.15. The Balaban J connectivity index is 1.91. The molecule has 0 saturated carbocycles. The molecule has 4 nitrogen and oxygen atoms in total. The van der Waals surface area contributed by atoms with E-state index in [0.29, 0.717) is 11.6 Å². The van der Waals surface area contributed by atoms with Gasteiger partial charge in [0.1, 0.15) is 0 Å². The van der Waals surface area contributed by atoms with Crippen molar-refractivity contribution >= 4 is 11.7 Å². The molecule has 0 aliphatic carbocycles. The molecule has 1 aliphatic heterocycles. The fourth-order valence-electron chi connectivity index (χ4n) is 2.60. The van der Waals surface area contributed by atoms with Crippen LogP contribution >= 0.6 is 0 Å². The molecule has 1 saturated heterocycles. The highest BCUT2D eigenvalue weighted by molar-refractivity contribution is 5.89. The second kappa shape index (κ2) is 7.46. The van der Waals surface area contributed by atoms with Gasteiger partial charge in [-0.15, -0.1) is 0 Å². The van der Waals surface area contributed by atoms with E-state index in [4.69, 9.17) is 4.74 Å². The molecule has 116 valence electrons. The van der Waals surface area contributed by atoms with Gasteiger partial charge in [0.05, 0.1) is 11.7 Å². The van der Waals surface area contributed by atoms with Crippen LogP contribution in [0.1, 0.15) is 43.5 Å². The standard InChI is InChI=1S/C17H26N2O2/c1-13(2)21-17(20)14-6-8-16(9-7-14)18-15-5-4-11-19(3)12-10-15/h6-9,13,15,18H,4-5,10-12H2,1-3H3. The predicted molar refractivity (Wildman–Crippen MR) is 85.8 cm³/mol. The fourth-order valence-corrected chi connectivity index (χ4v) is 2.60. The van der Waals surface area contributed by atoms with E-state index in [0.717, 1.165) is 18.7 Å². The van der Waals surface area contributed by atoms with E-state index >= 15 is 0 Å². The highest BCUT2D eigenvalue weighted by Gasteiger charge is 2.15. The number of carbonyl (C=O) groups is 1. The van der Waals surface area contributed by atoms with E-state index in [2.05, 4.69) is 17.3 Å². The number of carbonyl (C=O) groups excluding carboxylic acids is 1. The molecule has 0 bridgehead atoms. The lowest BCUT2D eigenvalue weighted by atomic mass is 10.1. The van der Waals surface area contributed by atoms with Crippen LogP contribution in [0.2, 0.25) is 0 Å². The van der Waals surface area contributed by atoms with Crippen molar-refractivity contribution in [2.24, 2.45) is 0 Å². The van der Waals surface area contributed by atoms with Gasteiger partial charge in [-0.25, -0.2) is 4.79 Å². The summed E-state index contributed by atoms with van der Waals surface area (Å²) in [6.45, 7) is 6.03. The number of anilines is 1. The smallest absolute Gasteiger partial charge is 0.338 e. The zero-order valence-electron chi connectivity index (χ0n) is 13.3. The number of ether oxygens (including phenoxy) is 1. The molecule has 21 heavy (non-hydrogen) atoms. The Kier molecular flexibility index (Phi) is 5.62. The molecule has 1 unspecified atom stereocenters. The summed E-state index contributed by atoms with van der Waals surface area (Å²) in [6.07, 6.45) is 3.50. The number of nitrogens with one attached hydrogen (secondary N) is 1. The molecule has 0 radical (unpaired) electrons. The minimum Gasteiger partial charge on any atom is -0.459 e. The Morgan fingerprint density at radius 1 is 1.24 bits per heavy atom. The second-order valence-electron chi connectivity index (χ2n) is 6.11. The Bertz CT molecular complexity index is 456. The molecule has 0 aromatic heterocycles. The number of nitrogens with zero attached hydrogens (tertiary/aromatic N) is 1. The van der Waals surface area contributed by atoms with Crippen molar-refractivity contribution in [3.8, 4) is 0 Å². The largest absolute Gasteiger partial charge is 0.459 e. The van der Waals surface area contributed by atoms with Crippen molar-refractivity contribution in [2.75, 3.05) is 25.5 Å². The van der Waals surface area contributed by atoms with Crippen LogP contribution in [0.3, 0.4) is 0 Å². The van der Waals surface area contributed by atoms with Gasteiger partial charge < -0.3 is 15.0 Å². The third-order valence-electron chi connectivity index (χ3n) is 3.79. The number of rotatable bonds is 4. The second-order valence-corrected chi connectivity index (χ2v) is 6.11. The van der Waals surface area contributed by atoms with E-state index in [1.165, 1.54) is 19.4 Å². The lowest BCUT2D eigenvalue weighted by Crippen LogP contribution is -2.23. The number of esters is 1. The van der Waals surface area contributed by atoms with Gasteiger partial charge >= 0.3 is 5.97 Å². The van der Waals surface area contributed by atoms with Gasteiger partial charge in [-0.05, 0) is 77.5 Å². The molecule has 1 aromatic carbocycles. The maximum absolute atomic E-state index is 11.8. The molecule has 1 heterocycles. The first kappa shape index (κ1) is 15.8. The first-order valence-corrected chi connectivity index (χ1v) is 7.80. The first-order chi connectivity index (χ1) is 10.0. The van der Waals surface area contributed by atoms with E-state index in [9.17, 15) is 4.79 Å². The van der Waals surface area contributed by atoms with E-state index in [1.54, 1.807) is 0 Å². The molecule has 1 fully saturated rings. The van der Waals surface area contributed by atoms with Gasteiger partial charge in [0.15, 0.2) is 0 Å². The Hall–Kier alpha value is -1.55. The number of hydrogen-bond acceptors (Lipinski definition) is 4. The van der Waals surface area contributed by atoms with Crippen LogP contribution < -0.4 is 5.32 Å². The third-order valence-corrected chi connectivity index (χ3v) is 3.79. The summed E-state index contributed by atoms with van der Waals surface area (Å²) < 4.78 is 5.19. The van der Waals surface area contributed by atoms with Crippen LogP contribution in [0.25, 0.3) is 0 Å². The number of likely N-dealkylation sites (tertiary alicyclic amines) is 1. The van der Waals surface area contributed by atoms with Crippen LogP contribution in [-0.2, 0) is 4.74 Å². The molecule has 1 atom stereocenters. The molecular weight excluding hydrogens is 264 g/mol. The summed E-state index contributed by atoms with van der Waals surface area (Å²) in [6, 6.07) is 8.10. The minimum absolute atomic E-state index is 0.0849. The highest BCUT2D eigenvalue weighted by Crippen LogP contribution is 2.17. The van der Waals surface area contributed by atoms with Gasteiger partial charge in [-0.3, -0.25) is 0 Å². The number of benzene rings is 1. The Morgan fingerprint density at radius 3 is 2.62 bits per heavy atom. The van der Waals surface area contributed by atoms with Gasteiger partial charge in [0.25, 0.3) is 0 Å². The molecule has 0 amide bonds. The highest BCUT2D eigenvalue weighted by atomic mass is 16.5. The first-order valence-electron chi connectivity index (χ1n) is 7.80. The zero-order chi connectivity index (χ0) is 15.2. The zero-order valence-corrected chi connectivity index (χ0v) is 13.3. The summed E-state index contributed by atoms with van der Waals surface area (Å²) in [5, 5.41) is 3.57. The van der Waals surface area contributed by atoms with Crippen LogP contribution in [0.15, 0.2) is 24.3 Å². The van der Waals surface area contributed by atoms with Crippen LogP contribution in [-0.4, -0.2) is 43.2 Å². The van der Waals surface area contributed by atoms with E-state index in [1.807, 2.05) is 38.1 Å². The molecule has 1 aliphatic rings. The van der Waals surface area contributed by atoms with Crippen LogP contribution in [0.4, 0.5) is 5.69 Å². The molecule has 2 rings (SSSR count). The number of hydrogen-bond donors (Lipinski definition) is 1. The summed E-state index contributed by atoms with van der Waals surface area (Å²) in [7, 11) is 2.18. The molecule has 1 N–H and O–H groups in total. The summed E-state index contributed by atoms with van der Waals surface area (Å²) in [4.78, 5) is 14.2.